The van der Waals surface area contributed by atoms with E-state index in [1.54, 1.807) is 48.0 Å². The van der Waals surface area contributed by atoms with Gasteiger partial charge in [-0.25, -0.2) is 9.97 Å². The maximum atomic E-state index is 14.0. The Morgan fingerprint density at radius 2 is 1.93 bits per heavy atom. The number of ether oxygens (including phenoxy) is 1. The number of methoxy groups -OCH3 is 1. The second kappa shape index (κ2) is 12.0. The molecule has 4 aliphatic heterocycles. The van der Waals surface area contributed by atoms with Crippen molar-refractivity contribution in [1.82, 2.24) is 30.0 Å². The van der Waals surface area contributed by atoms with Crippen LogP contribution in [0.15, 0.2) is 48.9 Å². The lowest BCUT2D eigenvalue weighted by molar-refractivity contribution is -0.137. The molecule has 3 aromatic heterocycles. The second-order valence-electron chi connectivity index (χ2n) is 9.76. The van der Waals surface area contributed by atoms with E-state index in [1.165, 1.54) is 20.2 Å². The lowest BCUT2D eigenvalue weighted by Gasteiger charge is -2.18. The number of carbonyl (C=O) groups is 1. The predicted octanol–water partition coefficient (Wildman–Crippen LogP) is 5.44. The number of nitrogens with zero attached hydrogens (tertiary/aromatic N) is 5. The number of carbonyl (C=O) groups excluding carboxylic acids is 1. The van der Waals surface area contributed by atoms with Crippen molar-refractivity contribution in [3.8, 4) is 17.0 Å². The van der Waals surface area contributed by atoms with Gasteiger partial charge in [-0.1, -0.05) is 6.07 Å². The number of benzene rings is 1. The first-order valence-electron chi connectivity index (χ1n) is 13.1. The van der Waals surface area contributed by atoms with Gasteiger partial charge in [0.25, 0.3) is 5.91 Å². The summed E-state index contributed by atoms with van der Waals surface area (Å²) in [6, 6.07) is 7.98. The first-order valence-corrected chi connectivity index (χ1v) is 15.3. The fourth-order valence-electron chi connectivity index (χ4n) is 4.42. The number of nitrogens with one attached hydrogen (secondary N) is 3. The van der Waals surface area contributed by atoms with Crippen LogP contribution in [0, 0.1) is 0 Å². The van der Waals surface area contributed by atoms with Gasteiger partial charge >= 0.3 is 6.18 Å². The van der Waals surface area contributed by atoms with Gasteiger partial charge in [-0.05, 0) is 36.2 Å². The minimum Gasteiger partial charge on any atom is -0.495 e. The maximum Gasteiger partial charge on any atom is 0.421 e. The SMILES string of the molecule is CNC(=O)c1nc2ccc1Nc1nc(ncc1C(F)(F)F)Nc1ccc(cc1OC)C[P@](C)(=O)OCCCn1cc-2cn1. The van der Waals surface area contributed by atoms with Crippen LogP contribution >= 0.6 is 7.37 Å². The van der Waals surface area contributed by atoms with Gasteiger partial charge < -0.3 is 25.2 Å². The van der Waals surface area contributed by atoms with Gasteiger partial charge in [-0.2, -0.15) is 23.3 Å². The van der Waals surface area contributed by atoms with Gasteiger partial charge in [0.1, 0.15) is 17.1 Å². The molecule has 0 unspecified atom stereocenters. The summed E-state index contributed by atoms with van der Waals surface area (Å²) in [5.74, 6) is -1.07. The number of rotatable bonds is 2. The number of anilines is 4. The largest absolute Gasteiger partial charge is 0.495 e. The molecule has 4 aromatic rings. The molecule has 4 aliphatic rings. The summed E-state index contributed by atoms with van der Waals surface area (Å²) in [5, 5.41) is 12.3. The van der Waals surface area contributed by atoms with E-state index in [-0.39, 0.29) is 30.1 Å². The third-order valence-corrected chi connectivity index (χ3v) is 8.16. The standard InChI is InChI=1S/C27H28F3N8O4P/c1-31-25(39)23-21-8-7-19(34-23)17-12-33-38(14-17)9-4-10-42-43(3,40)15-16-5-6-20(22(11-16)41-2)36-26-32-13-18(27(28,29)30)24(35-21)37-26/h5-8,11-14H,4,9-10,15H2,1-3H3,(H,31,39)(H2,32,35,36,37)/t43-/m1/s1. The summed E-state index contributed by atoms with van der Waals surface area (Å²) in [6.07, 6.45) is -0.211. The van der Waals surface area contributed by atoms with Crippen LogP contribution in [-0.4, -0.2) is 58.1 Å². The average Bonchev–Trinajstić information content (AvgIpc) is 3.44. The van der Waals surface area contributed by atoms with Crippen LogP contribution in [0.1, 0.15) is 28.0 Å². The van der Waals surface area contributed by atoms with E-state index in [0.29, 0.717) is 47.4 Å². The quantitative estimate of drug-likeness (QED) is 0.249. The van der Waals surface area contributed by atoms with Crippen LogP contribution in [0.3, 0.4) is 0 Å². The van der Waals surface area contributed by atoms with Crippen LogP contribution in [0.2, 0.25) is 0 Å². The molecule has 3 N–H and O–H groups in total. The average molecular weight is 617 g/mol. The Morgan fingerprint density at radius 3 is 2.67 bits per heavy atom. The highest BCUT2D eigenvalue weighted by molar-refractivity contribution is 7.57. The molecule has 1 atom stereocenters. The number of amides is 1. The number of hydrogen-bond donors (Lipinski definition) is 3. The molecule has 1 amide bonds. The number of aromatic nitrogens is 5. The van der Waals surface area contributed by atoms with Gasteiger partial charge in [0.2, 0.25) is 13.3 Å². The van der Waals surface area contributed by atoms with E-state index < -0.39 is 30.8 Å². The molecule has 7 heterocycles. The topological polar surface area (TPSA) is 145 Å². The summed E-state index contributed by atoms with van der Waals surface area (Å²) in [5.41, 5.74) is 0.699. The number of alkyl halides is 3. The number of halogens is 3. The minimum atomic E-state index is -4.81. The van der Waals surface area contributed by atoms with Gasteiger partial charge in [-0.3, -0.25) is 14.0 Å². The Balaban J connectivity index is 1.62. The molecule has 0 aliphatic carbocycles. The van der Waals surface area contributed by atoms with Crippen LogP contribution in [-0.2, 0) is 28.0 Å². The Bertz CT molecular complexity index is 1710. The molecule has 8 bridgehead atoms. The first kappa shape index (κ1) is 30.0. The second-order valence-corrected chi connectivity index (χ2v) is 12.4. The van der Waals surface area contributed by atoms with Crippen LogP contribution in [0.5, 0.6) is 5.75 Å². The van der Waals surface area contributed by atoms with Crippen molar-refractivity contribution >= 4 is 36.4 Å². The fraction of sp³-hybridized carbons (Fsp3) is 0.296. The summed E-state index contributed by atoms with van der Waals surface area (Å²) in [7, 11) is -0.212. The molecule has 43 heavy (non-hydrogen) atoms. The van der Waals surface area contributed by atoms with E-state index in [1.807, 2.05) is 0 Å². The van der Waals surface area contributed by atoms with E-state index in [9.17, 15) is 22.5 Å². The molecule has 8 rings (SSSR count). The molecule has 16 heteroatoms. The highest BCUT2D eigenvalue weighted by Gasteiger charge is 2.36. The monoisotopic (exact) mass is 616 g/mol. The number of hydrogen-bond acceptors (Lipinski definition) is 10. The summed E-state index contributed by atoms with van der Waals surface area (Å²) in [4.78, 5) is 25.1. The Labute approximate surface area is 244 Å². The molecule has 12 nitrogen and oxygen atoms in total. The Kier molecular flexibility index (Phi) is 8.38. The zero-order valence-electron chi connectivity index (χ0n) is 23.4. The van der Waals surface area contributed by atoms with Crippen LogP contribution < -0.4 is 20.7 Å². The Hall–Kier alpha value is -4.49. The Morgan fingerprint density at radius 1 is 1.14 bits per heavy atom. The minimum absolute atomic E-state index is 0.00383. The summed E-state index contributed by atoms with van der Waals surface area (Å²) in [6.45, 7) is 2.26. The van der Waals surface area contributed by atoms with Gasteiger partial charge in [-0.15, -0.1) is 0 Å². The summed E-state index contributed by atoms with van der Waals surface area (Å²) >= 11 is 0. The molecule has 226 valence electrons. The maximum absolute atomic E-state index is 14.0. The number of aryl methyl sites for hydroxylation is 1. The van der Waals surface area contributed by atoms with Crippen molar-refractivity contribution in [2.45, 2.75) is 25.3 Å². The number of pyridine rings is 1. The molecule has 0 radical (unpaired) electrons. The van der Waals surface area contributed by atoms with Gasteiger partial charge in [0, 0.05) is 44.4 Å². The van der Waals surface area contributed by atoms with Crippen molar-refractivity contribution in [1.29, 1.82) is 0 Å². The van der Waals surface area contributed by atoms with E-state index in [2.05, 4.69) is 36.0 Å². The van der Waals surface area contributed by atoms with Gasteiger partial charge in [0.05, 0.1) is 37.0 Å². The van der Waals surface area contributed by atoms with Crippen molar-refractivity contribution < 1.29 is 31.8 Å². The molecular formula is C27H28F3N8O4P. The molecule has 1 aromatic carbocycles. The van der Waals surface area contributed by atoms with Crippen molar-refractivity contribution in [2.75, 3.05) is 38.1 Å². The predicted molar refractivity (Wildman–Crippen MR) is 153 cm³/mol. The third kappa shape index (κ3) is 6.95. The molecule has 0 saturated heterocycles. The van der Waals surface area contributed by atoms with Crippen LogP contribution in [0.25, 0.3) is 11.3 Å². The van der Waals surface area contributed by atoms with Gasteiger partial charge in [0.15, 0.2) is 5.69 Å². The fourth-order valence-corrected chi connectivity index (χ4v) is 5.89. The van der Waals surface area contributed by atoms with Crippen molar-refractivity contribution in [3.05, 3.63) is 65.7 Å². The smallest absolute Gasteiger partial charge is 0.421 e. The van der Waals surface area contributed by atoms with E-state index >= 15 is 0 Å². The molecule has 0 saturated carbocycles. The molecule has 0 fully saturated rings. The normalized spacial score (nSPS) is 17.3. The molecule has 0 spiro atoms. The molecular weight excluding hydrogens is 588 g/mol. The third-order valence-electron chi connectivity index (χ3n) is 6.49. The zero-order valence-corrected chi connectivity index (χ0v) is 24.3. The van der Waals surface area contributed by atoms with E-state index in [0.717, 1.165) is 0 Å². The van der Waals surface area contributed by atoms with Crippen molar-refractivity contribution in [3.63, 3.8) is 0 Å². The van der Waals surface area contributed by atoms with E-state index in [4.69, 9.17) is 9.26 Å². The van der Waals surface area contributed by atoms with Crippen LogP contribution in [0.4, 0.5) is 36.3 Å². The van der Waals surface area contributed by atoms with Crippen molar-refractivity contribution in [2.24, 2.45) is 0 Å². The highest BCUT2D eigenvalue weighted by atomic mass is 31.2. The first-order chi connectivity index (χ1) is 20.5. The lowest BCUT2D eigenvalue weighted by atomic mass is 10.1. The summed E-state index contributed by atoms with van der Waals surface area (Å²) < 4.78 is 68.0. The highest BCUT2D eigenvalue weighted by Crippen LogP contribution is 2.47. The zero-order chi connectivity index (χ0) is 30.8. The lowest BCUT2D eigenvalue weighted by Crippen LogP contribution is -2.21.